The Morgan fingerprint density at radius 1 is 1.30 bits per heavy atom. The predicted octanol–water partition coefficient (Wildman–Crippen LogP) is 1.49. The van der Waals surface area contributed by atoms with Crippen LogP contribution >= 0.6 is 0 Å². The van der Waals surface area contributed by atoms with Crippen LogP contribution in [0, 0.1) is 0 Å². The highest BCUT2D eigenvalue weighted by Crippen LogP contribution is 2.33. The fourth-order valence-corrected chi connectivity index (χ4v) is 5.06. The molecule has 0 unspecified atom stereocenters. The molecule has 4 nitrogen and oxygen atoms in total. The summed E-state index contributed by atoms with van der Waals surface area (Å²) in [6, 6.07) is 9.53. The van der Waals surface area contributed by atoms with Gasteiger partial charge in [-0.3, -0.25) is 4.79 Å². The van der Waals surface area contributed by atoms with Crippen molar-refractivity contribution < 1.29 is 13.2 Å². The number of hydrogen-bond acceptors (Lipinski definition) is 3. The van der Waals surface area contributed by atoms with Crippen LogP contribution in [0.1, 0.15) is 18.9 Å². The normalized spacial score (nSPS) is 27.9. The molecule has 2 heterocycles. The van der Waals surface area contributed by atoms with Gasteiger partial charge in [0.25, 0.3) is 0 Å². The topological polar surface area (TPSA) is 54.5 Å². The zero-order chi connectivity index (χ0) is 14.3. The molecule has 5 heteroatoms. The van der Waals surface area contributed by atoms with E-state index in [1.807, 2.05) is 36.4 Å². The van der Waals surface area contributed by atoms with Crippen LogP contribution in [0.4, 0.5) is 0 Å². The molecule has 20 heavy (non-hydrogen) atoms. The second-order valence-electron chi connectivity index (χ2n) is 5.54. The molecule has 0 N–H and O–H groups in total. The minimum Gasteiger partial charge on any atom is -0.334 e. The van der Waals surface area contributed by atoms with Gasteiger partial charge in [0.05, 0.1) is 11.0 Å². The Morgan fingerprint density at radius 3 is 2.55 bits per heavy atom. The quantitative estimate of drug-likeness (QED) is 0.776. The third-order valence-corrected chi connectivity index (χ3v) is 6.30. The van der Waals surface area contributed by atoms with E-state index in [2.05, 4.69) is 0 Å². The van der Waals surface area contributed by atoms with Crippen LogP contribution < -0.4 is 0 Å². The van der Waals surface area contributed by atoms with Gasteiger partial charge in [0.15, 0.2) is 9.84 Å². The molecule has 3 rings (SSSR count). The van der Waals surface area contributed by atoms with Gasteiger partial charge in [-0.15, -0.1) is 0 Å². The predicted molar refractivity (Wildman–Crippen MR) is 77.8 cm³/mol. The second kappa shape index (κ2) is 4.74. The van der Waals surface area contributed by atoms with E-state index in [1.165, 1.54) is 0 Å². The summed E-state index contributed by atoms with van der Waals surface area (Å²) < 4.78 is 23.4. The SMILES string of the molecule is C/C(=C\c1ccccc1)C(=O)N1C[C@H]2C[C@H]1CS2(=O)=O. The molecule has 1 amide bonds. The number of carbonyl (C=O) groups is 1. The number of sulfone groups is 1. The van der Waals surface area contributed by atoms with E-state index in [0.29, 0.717) is 18.5 Å². The second-order valence-corrected chi connectivity index (χ2v) is 7.86. The van der Waals surface area contributed by atoms with Crippen LogP contribution in [0.2, 0.25) is 0 Å². The lowest BCUT2D eigenvalue weighted by Crippen LogP contribution is -2.44. The Balaban J connectivity index is 1.77. The van der Waals surface area contributed by atoms with Crippen molar-refractivity contribution >= 4 is 21.8 Å². The number of rotatable bonds is 2. The van der Waals surface area contributed by atoms with Crippen LogP contribution in [0.25, 0.3) is 6.08 Å². The number of fused-ring (bicyclic) bond motifs is 2. The van der Waals surface area contributed by atoms with E-state index in [1.54, 1.807) is 11.8 Å². The van der Waals surface area contributed by atoms with Crippen LogP contribution in [-0.4, -0.2) is 42.8 Å². The Kier molecular flexibility index (Phi) is 3.17. The van der Waals surface area contributed by atoms with Gasteiger partial charge >= 0.3 is 0 Å². The maximum atomic E-state index is 12.4. The lowest BCUT2D eigenvalue weighted by Gasteiger charge is -2.27. The van der Waals surface area contributed by atoms with E-state index in [0.717, 1.165) is 5.56 Å². The lowest BCUT2D eigenvalue weighted by atomic mass is 10.1. The van der Waals surface area contributed by atoms with Gasteiger partial charge in [-0.2, -0.15) is 0 Å². The summed E-state index contributed by atoms with van der Waals surface area (Å²) >= 11 is 0. The minimum atomic E-state index is -2.95. The molecule has 1 aromatic carbocycles. The molecule has 2 saturated heterocycles. The summed E-state index contributed by atoms with van der Waals surface area (Å²) in [4.78, 5) is 14.1. The fourth-order valence-electron chi connectivity index (χ4n) is 3.03. The fraction of sp³-hybridized carbons (Fsp3) is 0.400. The summed E-state index contributed by atoms with van der Waals surface area (Å²) in [5.41, 5.74) is 1.64. The zero-order valence-electron chi connectivity index (χ0n) is 11.3. The van der Waals surface area contributed by atoms with Gasteiger partial charge in [0, 0.05) is 18.2 Å². The Morgan fingerprint density at radius 2 is 2.00 bits per heavy atom. The Bertz CT molecular complexity index is 664. The number of carbonyl (C=O) groups excluding carboxylic acids is 1. The van der Waals surface area contributed by atoms with E-state index in [-0.39, 0.29) is 23.0 Å². The van der Waals surface area contributed by atoms with Gasteiger partial charge in [-0.25, -0.2) is 8.42 Å². The van der Waals surface area contributed by atoms with Crippen molar-refractivity contribution in [2.75, 3.05) is 12.3 Å². The molecule has 2 atom stereocenters. The van der Waals surface area contributed by atoms with Crippen LogP contribution in [0.15, 0.2) is 35.9 Å². The van der Waals surface area contributed by atoms with Crippen molar-refractivity contribution in [3.63, 3.8) is 0 Å². The molecule has 2 aliphatic heterocycles. The lowest BCUT2D eigenvalue weighted by molar-refractivity contribution is -0.127. The zero-order valence-corrected chi connectivity index (χ0v) is 12.1. The molecular formula is C15H17NO3S. The molecule has 0 saturated carbocycles. The third-order valence-electron chi connectivity index (χ3n) is 4.09. The molecule has 2 aliphatic rings. The van der Waals surface area contributed by atoms with Gasteiger partial charge in [-0.05, 0) is 25.0 Å². The molecule has 2 bridgehead atoms. The first-order valence-corrected chi connectivity index (χ1v) is 8.45. The summed E-state index contributed by atoms with van der Waals surface area (Å²) in [5, 5.41) is -0.346. The van der Waals surface area contributed by atoms with Crippen molar-refractivity contribution in [1.82, 2.24) is 4.90 Å². The summed E-state index contributed by atoms with van der Waals surface area (Å²) in [6.07, 6.45) is 2.45. The number of likely N-dealkylation sites (tertiary alicyclic amines) is 1. The maximum Gasteiger partial charge on any atom is 0.249 e. The molecule has 106 valence electrons. The summed E-state index contributed by atoms with van der Waals surface area (Å²) in [5.74, 6) is 0.0819. The first kappa shape index (κ1) is 13.4. The molecule has 0 aromatic heterocycles. The van der Waals surface area contributed by atoms with Gasteiger partial charge in [-0.1, -0.05) is 30.3 Å². The van der Waals surface area contributed by atoms with Gasteiger partial charge < -0.3 is 4.90 Å². The smallest absolute Gasteiger partial charge is 0.249 e. The van der Waals surface area contributed by atoms with Crippen molar-refractivity contribution in [2.45, 2.75) is 24.6 Å². The molecule has 0 radical (unpaired) electrons. The highest BCUT2D eigenvalue weighted by atomic mass is 32.2. The van der Waals surface area contributed by atoms with Gasteiger partial charge in [0.1, 0.15) is 0 Å². The standard InChI is InChI=1S/C15H17NO3S/c1-11(7-12-5-3-2-4-6-12)15(17)16-9-14-8-13(16)10-20(14,18)19/h2-7,13-14H,8-10H2,1H3/b11-7+/t13-,14+/m0/s1. The first-order chi connectivity index (χ1) is 9.47. The van der Waals surface area contributed by atoms with E-state index in [4.69, 9.17) is 0 Å². The third kappa shape index (κ3) is 2.26. The average molecular weight is 291 g/mol. The monoisotopic (exact) mass is 291 g/mol. The van der Waals surface area contributed by atoms with Crippen molar-refractivity contribution in [3.05, 3.63) is 41.5 Å². The molecule has 0 spiro atoms. The molecule has 0 aliphatic carbocycles. The van der Waals surface area contributed by atoms with E-state index >= 15 is 0 Å². The van der Waals surface area contributed by atoms with Crippen LogP contribution in [-0.2, 0) is 14.6 Å². The highest BCUT2D eigenvalue weighted by molar-refractivity contribution is 7.92. The number of benzene rings is 1. The summed E-state index contributed by atoms with van der Waals surface area (Å²) in [7, 11) is -2.95. The first-order valence-electron chi connectivity index (χ1n) is 6.73. The number of hydrogen-bond donors (Lipinski definition) is 0. The van der Waals surface area contributed by atoms with Crippen LogP contribution in [0.3, 0.4) is 0 Å². The van der Waals surface area contributed by atoms with E-state index < -0.39 is 9.84 Å². The minimum absolute atomic E-state index is 0.0451. The number of nitrogens with zero attached hydrogens (tertiary/aromatic N) is 1. The van der Waals surface area contributed by atoms with Gasteiger partial charge in [0.2, 0.25) is 5.91 Å². The summed E-state index contributed by atoms with van der Waals surface area (Å²) in [6.45, 7) is 2.14. The van der Waals surface area contributed by atoms with Crippen molar-refractivity contribution in [2.24, 2.45) is 0 Å². The average Bonchev–Trinajstić information content (AvgIpc) is 2.94. The number of amides is 1. The Labute approximate surface area is 119 Å². The maximum absolute atomic E-state index is 12.4. The van der Waals surface area contributed by atoms with Crippen molar-refractivity contribution in [3.8, 4) is 0 Å². The molecular weight excluding hydrogens is 274 g/mol. The molecule has 1 aromatic rings. The highest BCUT2D eigenvalue weighted by Gasteiger charge is 2.49. The van der Waals surface area contributed by atoms with Crippen LogP contribution in [0.5, 0.6) is 0 Å². The van der Waals surface area contributed by atoms with E-state index in [9.17, 15) is 13.2 Å². The largest absolute Gasteiger partial charge is 0.334 e. The Hall–Kier alpha value is -1.62. The van der Waals surface area contributed by atoms with Crippen molar-refractivity contribution in [1.29, 1.82) is 0 Å². The molecule has 2 fully saturated rings.